The summed E-state index contributed by atoms with van der Waals surface area (Å²) in [5, 5.41) is 0. The molecule has 0 bridgehead atoms. The van der Waals surface area contributed by atoms with Crippen LogP contribution in [0, 0.1) is 13.1 Å². The van der Waals surface area contributed by atoms with Gasteiger partial charge in [-0.3, -0.25) is 33.2 Å². The third-order valence-corrected chi connectivity index (χ3v) is 12.5. The molecular weight excluding hydrogens is 775 g/mol. The van der Waals surface area contributed by atoms with Gasteiger partial charge in [0.15, 0.2) is 18.6 Å². The first-order valence-corrected chi connectivity index (χ1v) is 20.4. The van der Waals surface area contributed by atoms with E-state index in [1.165, 1.54) is 13.3 Å². The van der Waals surface area contributed by atoms with Crippen LogP contribution in [0.3, 0.4) is 0 Å². The van der Waals surface area contributed by atoms with E-state index in [0.29, 0.717) is 0 Å². The van der Waals surface area contributed by atoms with E-state index in [9.17, 15) is 19.2 Å². The van der Waals surface area contributed by atoms with Crippen molar-refractivity contribution in [2.45, 2.75) is 95.8 Å². The normalized spacial score (nSPS) is 27.5. The van der Waals surface area contributed by atoms with E-state index in [4.69, 9.17) is 63.2 Å². The van der Waals surface area contributed by atoms with Crippen molar-refractivity contribution in [1.82, 2.24) is 23.8 Å². The van der Waals surface area contributed by atoms with Crippen molar-refractivity contribution < 1.29 is 42.6 Å². The molecule has 0 spiro atoms. The van der Waals surface area contributed by atoms with E-state index >= 15 is 4.39 Å². The summed E-state index contributed by atoms with van der Waals surface area (Å²) in [6.07, 6.45) is -8.69. The maximum atomic E-state index is 16.1. The van der Waals surface area contributed by atoms with E-state index < -0.39 is 100 Å². The number of nitrogens with zero attached hydrogens (tertiary/aromatic N) is 5. The number of hydrogen-bond donors (Lipinski definition) is 2. The van der Waals surface area contributed by atoms with E-state index in [1.54, 1.807) is 0 Å². The Labute approximate surface area is 317 Å². The molecule has 2 saturated heterocycles. The van der Waals surface area contributed by atoms with Crippen LogP contribution in [0.25, 0.3) is 9.69 Å². The fourth-order valence-electron chi connectivity index (χ4n) is 5.75. The number of alkyl halides is 1. The van der Waals surface area contributed by atoms with Crippen molar-refractivity contribution in [1.29, 1.82) is 0 Å². The summed E-state index contributed by atoms with van der Waals surface area (Å²) < 4.78 is 76.6. The van der Waals surface area contributed by atoms with Gasteiger partial charge in [-0.1, -0.05) is 0 Å². The average molecular weight is 821 g/mol. The molecule has 0 aliphatic carbocycles. The van der Waals surface area contributed by atoms with Gasteiger partial charge in [0.05, 0.1) is 12.7 Å². The van der Waals surface area contributed by atoms with Gasteiger partial charge >= 0.3 is 18.1 Å². The number of H-pyrrole nitrogens is 2. The molecule has 2 aliphatic heterocycles. The summed E-state index contributed by atoms with van der Waals surface area (Å²) in [6, 6.07) is 1.96. The molecular formula is C31H44FN7O12P2S. The third kappa shape index (κ3) is 10.6. The van der Waals surface area contributed by atoms with E-state index in [1.807, 2.05) is 37.3 Å². The maximum absolute atomic E-state index is 16.1. The van der Waals surface area contributed by atoms with Crippen LogP contribution >= 0.6 is 15.2 Å². The first kappa shape index (κ1) is 42.1. The van der Waals surface area contributed by atoms with E-state index in [2.05, 4.69) is 14.7 Å². The minimum absolute atomic E-state index is 0.0427. The highest BCUT2D eigenvalue weighted by Crippen LogP contribution is 2.55. The van der Waals surface area contributed by atoms with Gasteiger partial charge in [0.1, 0.15) is 37.6 Å². The molecule has 2 fully saturated rings. The Hall–Kier alpha value is -3.01. The monoisotopic (exact) mass is 820 g/mol. The summed E-state index contributed by atoms with van der Waals surface area (Å²) >= 11 is 5.72. The van der Waals surface area contributed by atoms with Gasteiger partial charge in [-0.2, -0.15) is 0 Å². The molecule has 19 nitrogen and oxygen atoms in total. The molecule has 10 atom stereocenters. The first-order chi connectivity index (χ1) is 26.2. The van der Waals surface area contributed by atoms with Gasteiger partial charge in [-0.05, 0) is 46.4 Å². The standard InChI is InChI=1S/C31H44FN7O12P2S/c1-18(2)39(19(3)4)52(45-15-11-33-6)50-26-21(49-29(27(26)44-8)38-14-10-23(41)36-31(38)43)17-47-53(54,46-16-12-34-7)51-25-20(5)48-28(24(25)32)37-13-9-22(40)35-30(37)42/h9-10,13-14,18-21,24-29H,11-12,15-17H2,1-5,8H3,(H,35,40,42)(H,36,41,43)/t20-,21-,24+,25?,26?,27+,28-,29-,52?,53?/m1/s1/i5D. The van der Waals surface area contributed by atoms with E-state index in [0.717, 1.165) is 27.5 Å². The molecule has 2 aliphatic rings. The zero-order chi connectivity index (χ0) is 40.4. The highest BCUT2D eigenvalue weighted by atomic mass is 32.5. The Bertz CT molecular complexity index is 1950. The smallest absolute Gasteiger partial charge is 0.330 e. The summed E-state index contributed by atoms with van der Waals surface area (Å²) in [7, 11) is -0.543. The van der Waals surface area contributed by atoms with Gasteiger partial charge in [-0.25, -0.2) is 31.8 Å². The number of methoxy groups -OCH3 is 1. The Balaban J connectivity index is 1.69. The molecule has 2 N–H and O–H groups in total. The van der Waals surface area contributed by atoms with E-state index in [-0.39, 0.29) is 38.4 Å². The van der Waals surface area contributed by atoms with Crippen LogP contribution in [0.15, 0.2) is 43.7 Å². The molecule has 0 aromatic carbocycles. The fourth-order valence-corrected chi connectivity index (χ4v) is 9.59. The molecule has 23 heteroatoms. The number of aromatic amines is 2. The molecule has 0 amide bonds. The van der Waals surface area contributed by atoms with Crippen molar-refractivity contribution >= 4 is 27.1 Å². The van der Waals surface area contributed by atoms with Crippen molar-refractivity contribution in [2.24, 2.45) is 0 Å². The van der Waals surface area contributed by atoms with Crippen molar-refractivity contribution in [3.63, 3.8) is 0 Å². The molecule has 298 valence electrons. The second-order valence-electron chi connectivity index (χ2n) is 12.4. The number of ether oxygens (including phenoxy) is 3. The van der Waals surface area contributed by atoms with Gasteiger partial charge < -0.3 is 42.0 Å². The van der Waals surface area contributed by atoms with Gasteiger partial charge in [0, 0.05) is 45.1 Å². The predicted octanol–water partition coefficient (Wildman–Crippen LogP) is 2.48. The minimum atomic E-state index is -4.07. The number of halogens is 1. The van der Waals surface area contributed by atoms with Gasteiger partial charge in [-0.15, -0.1) is 0 Å². The van der Waals surface area contributed by atoms with Crippen LogP contribution < -0.4 is 22.5 Å². The van der Waals surface area contributed by atoms with Gasteiger partial charge in [0.2, 0.25) is 13.1 Å². The topological polar surface area (TPSA) is 196 Å². The molecule has 4 heterocycles. The van der Waals surface area contributed by atoms with Crippen LogP contribution in [-0.4, -0.2) is 113 Å². The summed E-state index contributed by atoms with van der Waals surface area (Å²) in [5.41, 5.74) is -3.10. The SMILES string of the molecule is [2H]C[C@H]1O[C@@H](n2ccc(=O)[nH]c2=O)[C@@H](F)C1OP(=S)(OCC[N+]#[C-])OC[C@H]1O[C@@H](n2ccc(=O)[nH]c2=O)[C@@H](OC)C1OP(OCC[N+]#[C-])N(C(C)C)C(C)C. The predicted molar refractivity (Wildman–Crippen MR) is 196 cm³/mol. The highest BCUT2D eigenvalue weighted by molar-refractivity contribution is 8.07. The Morgan fingerprint density at radius 2 is 1.56 bits per heavy atom. The second-order valence-corrected chi connectivity index (χ2v) is 16.8. The Kier molecular flexibility index (Phi) is 15.4. The quantitative estimate of drug-likeness (QED) is 0.119. The summed E-state index contributed by atoms with van der Waals surface area (Å²) in [5.74, 6) is 0. The zero-order valence-electron chi connectivity index (χ0n) is 31.1. The average Bonchev–Trinajstić information content (AvgIpc) is 3.62. The van der Waals surface area contributed by atoms with Crippen molar-refractivity contribution in [3.05, 3.63) is 89.0 Å². The van der Waals surface area contributed by atoms with Gasteiger partial charge in [0.25, 0.3) is 19.6 Å². The molecule has 0 radical (unpaired) electrons. The lowest BCUT2D eigenvalue weighted by Crippen LogP contribution is -2.42. The second kappa shape index (κ2) is 19.7. The van der Waals surface area contributed by atoms with Crippen molar-refractivity contribution in [3.8, 4) is 0 Å². The zero-order valence-corrected chi connectivity index (χ0v) is 32.7. The molecule has 2 aromatic heterocycles. The van der Waals surface area contributed by atoms with Crippen LogP contribution in [0.5, 0.6) is 0 Å². The Morgan fingerprint density at radius 3 is 2.09 bits per heavy atom. The summed E-state index contributed by atoms with van der Waals surface area (Å²) in [6.45, 7) is 16.8. The van der Waals surface area contributed by atoms with Crippen LogP contribution in [0.4, 0.5) is 4.39 Å². The maximum Gasteiger partial charge on any atom is 0.330 e. The molecule has 4 unspecified atom stereocenters. The third-order valence-electron chi connectivity index (χ3n) is 8.04. The van der Waals surface area contributed by atoms with Crippen molar-refractivity contribution in [2.75, 3.05) is 40.0 Å². The first-order valence-electron chi connectivity index (χ1n) is 17.4. The number of nitrogens with one attached hydrogen (secondary N) is 2. The lowest BCUT2D eigenvalue weighted by Gasteiger charge is -2.38. The largest absolute Gasteiger partial charge is 0.374 e. The minimum Gasteiger partial charge on any atom is -0.374 e. The lowest BCUT2D eigenvalue weighted by atomic mass is 10.1. The number of rotatable bonds is 19. The number of aromatic nitrogens is 4. The Morgan fingerprint density at radius 1 is 0.963 bits per heavy atom. The lowest BCUT2D eigenvalue weighted by molar-refractivity contribution is -0.0629. The molecule has 0 saturated carbocycles. The highest BCUT2D eigenvalue weighted by Gasteiger charge is 2.52. The molecule has 2 aromatic rings. The van der Waals surface area contributed by atoms with Crippen LogP contribution in [0.1, 0.15) is 48.4 Å². The number of hydrogen-bond acceptors (Lipinski definition) is 14. The summed E-state index contributed by atoms with van der Waals surface area (Å²) in [4.78, 5) is 59.8. The molecule has 54 heavy (non-hydrogen) atoms. The molecule has 4 rings (SSSR count). The fraction of sp³-hybridized carbons (Fsp3) is 0.677. The van der Waals surface area contributed by atoms with Crippen LogP contribution in [-0.2, 0) is 48.6 Å². The van der Waals surface area contributed by atoms with Crippen LogP contribution in [0.2, 0.25) is 0 Å².